The molecule has 1 aliphatic rings. The number of aliphatic carboxylic acids is 1. The molecule has 0 saturated carbocycles. The third-order valence-electron chi connectivity index (χ3n) is 2.06. The van der Waals surface area contributed by atoms with Crippen LogP contribution in [0.15, 0.2) is 23.8 Å². The molecular weight excluding hydrogens is 222 g/mol. The number of alkyl carbamates (subject to hydrolysis) is 1. The molecule has 0 unspecified atom stereocenters. The van der Waals surface area contributed by atoms with Crippen LogP contribution in [0, 0.1) is 0 Å². The van der Waals surface area contributed by atoms with Crippen LogP contribution < -0.4 is 5.32 Å². The fourth-order valence-corrected chi connectivity index (χ4v) is 1.40. The standard InChI is InChI=1S/C12H17NO4/c1-12(2,3)17-11(16)13-9-6-4-5-8(7-9)10(14)15/h4-6,9H,7H2,1-3H3,(H,13,16)(H,14,15)/t9-/m1/s1. The molecular formula is C12H17NO4. The minimum absolute atomic E-state index is 0.269. The Morgan fingerprint density at radius 1 is 1.47 bits per heavy atom. The van der Waals surface area contributed by atoms with Gasteiger partial charge in [-0.25, -0.2) is 9.59 Å². The summed E-state index contributed by atoms with van der Waals surface area (Å²) < 4.78 is 5.09. The van der Waals surface area contributed by atoms with Crippen LogP contribution in [0.1, 0.15) is 27.2 Å². The molecule has 1 aliphatic carbocycles. The van der Waals surface area contributed by atoms with Gasteiger partial charge in [-0.2, -0.15) is 0 Å². The Labute approximate surface area is 100 Å². The van der Waals surface area contributed by atoms with Crippen molar-refractivity contribution in [2.45, 2.75) is 38.8 Å². The predicted molar refractivity (Wildman–Crippen MR) is 62.6 cm³/mol. The third-order valence-corrected chi connectivity index (χ3v) is 2.06. The van der Waals surface area contributed by atoms with Gasteiger partial charge < -0.3 is 15.2 Å². The maximum atomic E-state index is 11.5. The Kier molecular flexibility index (Phi) is 3.93. The summed E-state index contributed by atoms with van der Waals surface area (Å²) in [6.45, 7) is 5.31. The molecule has 0 bridgehead atoms. The van der Waals surface area contributed by atoms with Crippen molar-refractivity contribution in [1.82, 2.24) is 5.32 Å². The lowest BCUT2D eigenvalue weighted by atomic mass is 10.0. The lowest BCUT2D eigenvalue weighted by Gasteiger charge is -2.23. The van der Waals surface area contributed by atoms with Gasteiger partial charge in [0.25, 0.3) is 0 Å². The highest BCUT2D eigenvalue weighted by molar-refractivity contribution is 5.87. The van der Waals surface area contributed by atoms with Crippen molar-refractivity contribution in [3.8, 4) is 0 Å². The monoisotopic (exact) mass is 239 g/mol. The van der Waals surface area contributed by atoms with Crippen molar-refractivity contribution >= 4 is 12.1 Å². The summed E-state index contributed by atoms with van der Waals surface area (Å²) in [5.41, 5.74) is -0.290. The Balaban J connectivity index is 2.50. The number of allylic oxidation sites excluding steroid dienone is 2. The number of carboxylic acids is 1. The van der Waals surface area contributed by atoms with Crippen molar-refractivity contribution in [3.63, 3.8) is 0 Å². The highest BCUT2D eigenvalue weighted by atomic mass is 16.6. The molecule has 0 fully saturated rings. The van der Waals surface area contributed by atoms with E-state index in [1.54, 1.807) is 32.9 Å². The van der Waals surface area contributed by atoms with E-state index in [9.17, 15) is 9.59 Å². The third kappa shape index (κ3) is 4.72. The molecule has 1 amide bonds. The summed E-state index contributed by atoms with van der Waals surface area (Å²) in [5, 5.41) is 11.4. The van der Waals surface area contributed by atoms with Crippen LogP contribution in [-0.4, -0.2) is 28.8 Å². The summed E-state index contributed by atoms with van der Waals surface area (Å²) in [4.78, 5) is 22.2. The van der Waals surface area contributed by atoms with Gasteiger partial charge in [0.15, 0.2) is 0 Å². The smallest absolute Gasteiger partial charge is 0.408 e. The van der Waals surface area contributed by atoms with Crippen LogP contribution >= 0.6 is 0 Å². The molecule has 2 N–H and O–H groups in total. The lowest BCUT2D eigenvalue weighted by molar-refractivity contribution is -0.132. The molecule has 1 atom stereocenters. The van der Waals surface area contributed by atoms with E-state index < -0.39 is 17.7 Å². The molecule has 1 rings (SSSR count). The van der Waals surface area contributed by atoms with E-state index in [-0.39, 0.29) is 18.0 Å². The fourth-order valence-electron chi connectivity index (χ4n) is 1.40. The largest absolute Gasteiger partial charge is 0.478 e. The maximum Gasteiger partial charge on any atom is 0.408 e. The molecule has 5 nitrogen and oxygen atoms in total. The van der Waals surface area contributed by atoms with Crippen LogP contribution in [-0.2, 0) is 9.53 Å². The fraction of sp³-hybridized carbons (Fsp3) is 0.500. The van der Waals surface area contributed by atoms with Gasteiger partial charge >= 0.3 is 12.1 Å². The number of hydrogen-bond acceptors (Lipinski definition) is 3. The molecule has 0 heterocycles. The molecule has 0 radical (unpaired) electrons. The summed E-state index contributed by atoms with van der Waals surface area (Å²) >= 11 is 0. The molecule has 0 aromatic heterocycles. The number of carbonyl (C=O) groups excluding carboxylic acids is 1. The van der Waals surface area contributed by atoms with Crippen LogP contribution in [0.5, 0.6) is 0 Å². The molecule has 0 spiro atoms. The van der Waals surface area contributed by atoms with Gasteiger partial charge in [-0.3, -0.25) is 0 Å². The first-order chi connectivity index (χ1) is 7.78. The minimum Gasteiger partial charge on any atom is -0.478 e. The van der Waals surface area contributed by atoms with Crippen molar-refractivity contribution in [2.24, 2.45) is 0 Å². The Hall–Kier alpha value is -1.78. The van der Waals surface area contributed by atoms with E-state index in [2.05, 4.69) is 5.32 Å². The molecule has 94 valence electrons. The summed E-state index contributed by atoms with van der Waals surface area (Å²) in [7, 11) is 0. The number of hydrogen-bond donors (Lipinski definition) is 2. The van der Waals surface area contributed by atoms with Crippen LogP contribution in [0.25, 0.3) is 0 Å². The summed E-state index contributed by atoms with van der Waals surface area (Å²) in [6.07, 6.45) is 4.60. The Bertz CT molecular complexity index is 376. The average Bonchev–Trinajstić information content (AvgIpc) is 2.14. The maximum absolute atomic E-state index is 11.5. The van der Waals surface area contributed by atoms with Gasteiger partial charge in [0.2, 0.25) is 0 Å². The number of carboxylic acid groups (broad SMARTS) is 1. The Morgan fingerprint density at radius 3 is 2.65 bits per heavy atom. The highest BCUT2D eigenvalue weighted by Crippen LogP contribution is 2.14. The predicted octanol–water partition coefficient (Wildman–Crippen LogP) is 1.85. The van der Waals surface area contributed by atoms with E-state index in [1.807, 2.05) is 0 Å². The summed E-state index contributed by atoms with van der Waals surface area (Å²) in [5.74, 6) is -0.967. The van der Waals surface area contributed by atoms with E-state index in [0.29, 0.717) is 0 Å². The first-order valence-electron chi connectivity index (χ1n) is 5.38. The number of ether oxygens (including phenoxy) is 1. The second-order valence-corrected chi connectivity index (χ2v) is 4.84. The van der Waals surface area contributed by atoms with E-state index in [0.717, 1.165) is 0 Å². The second-order valence-electron chi connectivity index (χ2n) is 4.84. The number of amides is 1. The van der Waals surface area contributed by atoms with Crippen molar-refractivity contribution in [2.75, 3.05) is 0 Å². The molecule has 0 aliphatic heterocycles. The van der Waals surface area contributed by atoms with Crippen molar-refractivity contribution < 1.29 is 19.4 Å². The van der Waals surface area contributed by atoms with Crippen LogP contribution in [0.3, 0.4) is 0 Å². The van der Waals surface area contributed by atoms with Gasteiger partial charge in [0.1, 0.15) is 5.60 Å². The zero-order chi connectivity index (χ0) is 13.1. The molecule has 5 heteroatoms. The lowest BCUT2D eigenvalue weighted by Crippen LogP contribution is -2.39. The highest BCUT2D eigenvalue weighted by Gasteiger charge is 2.21. The zero-order valence-corrected chi connectivity index (χ0v) is 10.2. The number of rotatable bonds is 2. The minimum atomic E-state index is -0.967. The van der Waals surface area contributed by atoms with E-state index in [1.165, 1.54) is 6.08 Å². The zero-order valence-electron chi connectivity index (χ0n) is 10.2. The Morgan fingerprint density at radius 2 is 2.12 bits per heavy atom. The SMILES string of the molecule is CC(C)(C)OC(=O)N[C@@H]1C=CC=C(C(=O)O)C1. The van der Waals surface area contributed by atoms with Crippen molar-refractivity contribution in [3.05, 3.63) is 23.8 Å². The van der Waals surface area contributed by atoms with Crippen molar-refractivity contribution in [1.29, 1.82) is 0 Å². The molecule has 0 aromatic carbocycles. The van der Waals surface area contributed by atoms with E-state index in [4.69, 9.17) is 9.84 Å². The first-order valence-corrected chi connectivity index (χ1v) is 5.38. The van der Waals surface area contributed by atoms with Gasteiger partial charge in [-0.15, -0.1) is 0 Å². The summed E-state index contributed by atoms with van der Waals surface area (Å²) in [6, 6.07) is -0.332. The molecule has 0 aromatic rings. The number of carbonyl (C=O) groups is 2. The normalized spacial score (nSPS) is 19.5. The van der Waals surface area contributed by atoms with Gasteiger partial charge in [0, 0.05) is 12.0 Å². The van der Waals surface area contributed by atoms with Gasteiger partial charge in [0.05, 0.1) is 6.04 Å². The molecule has 17 heavy (non-hydrogen) atoms. The van der Waals surface area contributed by atoms with Crippen LogP contribution in [0.2, 0.25) is 0 Å². The second kappa shape index (κ2) is 5.03. The van der Waals surface area contributed by atoms with Crippen LogP contribution in [0.4, 0.5) is 4.79 Å². The molecule has 0 saturated heterocycles. The van der Waals surface area contributed by atoms with E-state index >= 15 is 0 Å². The topological polar surface area (TPSA) is 75.6 Å². The van der Waals surface area contributed by atoms with Gasteiger partial charge in [-0.1, -0.05) is 18.2 Å². The quantitative estimate of drug-likeness (QED) is 0.771. The number of nitrogens with one attached hydrogen (secondary N) is 1. The van der Waals surface area contributed by atoms with Gasteiger partial charge in [-0.05, 0) is 20.8 Å². The average molecular weight is 239 g/mol. The first kappa shape index (κ1) is 13.3.